The van der Waals surface area contributed by atoms with Crippen LogP contribution in [0.4, 0.5) is 17.5 Å². The molecular formula is C21H23N7O2. The first kappa shape index (κ1) is 19.8. The summed E-state index contributed by atoms with van der Waals surface area (Å²) in [5, 5.41) is 30.3. The largest absolute Gasteiger partial charge is 0.395 e. The van der Waals surface area contributed by atoms with E-state index in [1.54, 1.807) is 30.1 Å². The van der Waals surface area contributed by atoms with E-state index in [-0.39, 0.29) is 6.61 Å². The van der Waals surface area contributed by atoms with E-state index < -0.39 is 5.41 Å². The van der Waals surface area contributed by atoms with Gasteiger partial charge in [-0.15, -0.1) is 0 Å². The molecule has 0 saturated carbocycles. The predicted molar refractivity (Wildman–Crippen MR) is 112 cm³/mol. The van der Waals surface area contributed by atoms with Crippen molar-refractivity contribution in [1.82, 2.24) is 19.7 Å². The summed E-state index contributed by atoms with van der Waals surface area (Å²) < 4.78 is 6.84. The van der Waals surface area contributed by atoms with Gasteiger partial charge in [0.05, 0.1) is 36.7 Å². The van der Waals surface area contributed by atoms with Gasteiger partial charge in [-0.25, -0.2) is 9.97 Å². The maximum absolute atomic E-state index is 9.89. The van der Waals surface area contributed by atoms with Gasteiger partial charge in [0.15, 0.2) is 5.82 Å². The number of nitrogens with zero attached hydrogens (tertiary/aromatic N) is 5. The van der Waals surface area contributed by atoms with Crippen molar-refractivity contribution in [1.29, 1.82) is 5.26 Å². The fraction of sp³-hybridized carbons (Fsp3) is 0.333. The molecule has 154 valence electrons. The van der Waals surface area contributed by atoms with Gasteiger partial charge in [0.2, 0.25) is 5.95 Å². The molecule has 3 aromatic rings. The lowest BCUT2D eigenvalue weighted by molar-refractivity contribution is 0.183. The molecule has 2 aromatic heterocycles. The van der Waals surface area contributed by atoms with E-state index in [0.717, 1.165) is 16.8 Å². The van der Waals surface area contributed by atoms with Crippen LogP contribution in [0.1, 0.15) is 18.1 Å². The lowest BCUT2D eigenvalue weighted by Crippen LogP contribution is -2.28. The molecule has 4 rings (SSSR count). The summed E-state index contributed by atoms with van der Waals surface area (Å²) >= 11 is 0. The fourth-order valence-corrected chi connectivity index (χ4v) is 3.50. The molecule has 0 radical (unpaired) electrons. The van der Waals surface area contributed by atoms with Crippen molar-refractivity contribution in [3.05, 3.63) is 47.8 Å². The van der Waals surface area contributed by atoms with Crippen molar-refractivity contribution in [3.63, 3.8) is 0 Å². The Morgan fingerprint density at radius 3 is 3.03 bits per heavy atom. The molecule has 0 aliphatic carbocycles. The van der Waals surface area contributed by atoms with Gasteiger partial charge in [0.25, 0.3) is 0 Å². The van der Waals surface area contributed by atoms with Gasteiger partial charge in [-0.3, -0.25) is 4.68 Å². The monoisotopic (exact) mass is 405 g/mol. The number of benzene rings is 1. The van der Waals surface area contributed by atoms with Crippen molar-refractivity contribution in [2.75, 3.05) is 37.5 Å². The summed E-state index contributed by atoms with van der Waals surface area (Å²) in [5.41, 5.74) is 3.27. The van der Waals surface area contributed by atoms with Crippen LogP contribution in [0.25, 0.3) is 11.3 Å². The number of aliphatic hydroxyl groups excluding tert-OH is 1. The van der Waals surface area contributed by atoms with E-state index in [1.807, 2.05) is 25.3 Å². The van der Waals surface area contributed by atoms with Crippen LogP contribution in [-0.2, 0) is 16.7 Å². The maximum Gasteiger partial charge on any atom is 0.228 e. The number of aromatic nitrogens is 4. The number of ether oxygens (including phenoxy) is 1. The molecule has 1 aromatic carbocycles. The number of nitriles is 1. The van der Waals surface area contributed by atoms with E-state index in [9.17, 15) is 10.4 Å². The van der Waals surface area contributed by atoms with Crippen LogP contribution in [0, 0.1) is 11.3 Å². The van der Waals surface area contributed by atoms with Crippen LogP contribution in [0.15, 0.2) is 36.7 Å². The number of aliphatic hydroxyl groups is 1. The number of hydrogen-bond donors (Lipinski definition) is 3. The number of hydrogen-bond acceptors (Lipinski definition) is 8. The van der Waals surface area contributed by atoms with Gasteiger partial charge in [0, 0.05) is 43.1 Å². The third kappa shape index (κ3) is 3.70. The number of fused-ring (bicyclic) bond motifs is 1. The van der Waals surface area contributed by atoms with Crippen molar-refractivity contribution >= 4 is 17.5 Å². The second-order valence-corrected chi connectivity index (χ2v) is 7.48. The normalized spacial score (nSPS) is 17.3. The third-order valence-corrected chi connectivity index (χ3v) is 5.27. The number of nitrogens with one attached hydrogen (secondary N) is 2. The Kier molecular flexibility index (Phi) is 5.35. The van der Waals surface area contributed by atoms with Gasteiger partial charge in [-0.05, 0) is 23.8 Å². The molecule has 0 amide bonds. The molecule has 1 aliphatic heterocycles. The first-order chi connectivity index (χ1) is 14.6. The molecule has 0 saturated heterocycles. The topological polar surface area (TPSA) is 121 Å². The molecule has 1 atom stereocenters. The van der Waals surface area contributed by atoms with Crippen LogP contribution in [0.3, 0.4) is 0 Å². The minimum absolute atomic E-state index is 0.0103. The van der Waals surface area contributed by atoms with E-state index in [1.165, 1.54) is 0 Å². The van der Waals surface area contributed by atoms with E-state index in [2.05, 4.69) is 31.8 Å². The zero-order chi connectivity index (χ0) is 21.1. The Bertz CT molecular complexity index is 1100. The van der Waals surface area contributed by atoms with Gasteiger partial charge < -0.3 is 20.5 Å². The zero-order valence-electron chi connectivity index (χ0n) is 16.9. The summed E-state index contributed by atoms with van der Waals surface area (Å²) in [6, 6.07) is 9.67. The minimum atomic E-state index is -0.444. The smallest absolute Gasteiger partial charge is 0.228 e. The molecule has 0 bridgehead atoms. The molecular weight excluding hydrogens is 382 g/mol. The molecule has 3 heterocycles. The molecule has 1 unspecified atom stereocenters. The highest BCUT2D eigenvalue weighted by Gasteiger charge is 2.35. The molecule has 3 N–H and O–H groups in total. The third-order valence-electron chi connectivity index (χ3n) is 5.27. The van der Waals surface area contributed by atoms with Crippen LogP contribution >= 0.6 is 0 Å². The zero-order valence-corrected chi connectivity index (χ0v) is 16.9. The van der Waals surface area contributed by atoms with Crippen LogP contribution in [-0.4, -0.2) is 51.7 Å². The maximum atomic E-state index is 9.89. The van der Waals surface area contributed by atoms with Gasteiger partial charge in [0.1, 0.15) is 6.07 Å². The standard InChI is InChI=1S/C21H23N7O2/c1-21(13-29)12-24-19-15(11-22)9-14(10-16(19)21)17-3-5-23-20(25-17)26-18-4-6-28(27-18)7-8-30-2/h3-6,9-10,24,29H,7-8,12-13H2,1-2H3,(H,23,25,26,27). The van der Waals surface area contributed by atoms with Crippen molar-refractivity contribution in [3.8, 4) is 17.3 Å². The Hall–Kier alpha value is -3.48. The van der Waals surface area contributed by atoms with E-state index in [0.29, 0.717) is 42.7 Å². The summed E-state index contributed by atoms with van der Waals surface area (Å²) in [6.07, 6.45) is 3.52. The molecule has 30 heavy (non-hydrogen) atoms. The van der Waals surface area contributed by atoms with Crippen molar-refractivity contribution < 1.29 is 9.84 Å². The lowest BCUT2D eigenvalue weighted by Gasteiger charge is -2.21. The predicted octanol–water partition coefficient (Wildman–Crippen LogP) is 2.28. The highest BCUT2D eigenvalue weighted by Crippen LogP contribution is 2.41. The molecule has 0 fully saturated rings. The number of methoxy groups -OCH3 is 1. The fourth-order valence-electron chi connectivity index (χ4n) is 3.50. The minimum Gasteiger partial charge on any atom is -0.395 e. The Morgan fingerprint density at radius 1 is 1.40 bits per heavy atom. The summed E-state index contributed by atoms with van der Waals surface area (Å²) in [7, 11) is 1.65. The Morgan fingerprint density at radius 2 is 2.27 bits per heavy atom. The average molecular weight is 405 g/mol. The summed E-state index contributed by atoms with van der Waals surface area (Å²) in [4.78, 5) is 8.87. The highest BCUT2D eigenvalue weighted by atomic mass is 16.5. The van der Waals surface area contributed by atoms with E-state index >= 15 is 0 Å². The Balaban J connectivity index is 1.64. The second-order valence-electron chi connectivity index (χ2n) is 7.48. The molecule has 9 nitrogen and oxygen atoms in total. The first-order valence-electron chi connectivity index (χ1n) is 9.62. The molecule has 0 spiro atoms. The number of rotatable bonds is 7. The SMILES string of the molecule is COCCn1ccc(Nc2nccc(-c3cc(C#N)c4c(c3)C(C)(CO)CN4)n2)n1. The summed E-state index contributed by atoms with van der Waals surface area (Å²) in [6.45, 7) is 3.78. The van der Waals surface area contributed by atoms with Gasteiger partial charge in [-0.1, -0.05) is 6.92 Å². The Labute approximate surface area is 174 Å². The second kappa shape index (κ2) is 8.10. The van der Waals surface area contributed by atoms with Gasteiger partial charge in [-0.2, -0.15) is 10.4 Å². The molecule has 9 heteroatoms. The van der Waals surface area contributed by atoms with Crippen LogP contribution < -0.4 is 10.6 Å². The van der Waals surface area contributed by atoms with Crippen molar-refractivity contribution in [2.45, 2.75) is 18.9 Å². The number of anilines is 3. The summed E-state index contributed by atoms with van der Waals surface area (Å²) in [5.74, 6) is 1.04. The first-order valence-corrected chi connectivity index (χ1v) is 9.62. The van der Waals surface area contributed by atoms with Crippen molar-refractivity contribution in [2.24, 2.45) is 0 Å². The average Bonchev–Trinajstić information content (AvgIpc) is 3.36. The van der Waals surface area contributed by atoms with Crippen LogP contribution in [0.5, 0.6) is 0 Å². The molecule has 1 aliphatic rings. The lowest BCUT2D eigenvalue weighted by atomic mass is 9.83. The van der Waals surface area contributed by atoms with E-state index in [4.69, 9.17) is 4.74 Å². The highest BCUT2D eigenvalue weighted by molar-refractivity contribution is 5.76. The quantitative estimate of drug-likeness (QED) is 0.547. The van der Waals surface area contributed by atoms with Crippen LogP contribution in [0.2, 0.25) is 0 Å². The van der Waals surface area contributed by atoms with Gasteiger partial charge >= 0.3 is 0 Å².